The van der Waals surface area contributed by atoms with Crippen LogP contribution in [-0.4, -0.2) is 56.3 Å². The maximum absolute atomic E-state index is 14.6. The zero-order valence-corrected chi connectivity index (χ0v) is 16.3. The van der Waals surface area contributed by atoms with E-state index in [2.05, 4.69) is 9.72 Å². The van der Waals surface area contributed by atoms with Crippen LogP contribution in [0.4, 0.5) is 19.4 Å². The molecule has 0 saturated carbocycles. The fraction of sp³-hybridized carbons (Fsp3) is 0.211. The Kier molecular flexibility index (Phi) is 5.25. The number of aromatic nitrogens is 2. The fourth-order valence-corrected chi connectivity index (χ4v) is 3.69. The number of aliphatic hydroxyl groups is 2. The summed E-state index contributed by atoms with van der Waals surface area (Å²) in [7, 11) is 0. The van der Waals surface area contributed by atoms with Gasteiger partial charge in [0.2, 0.25) is 5.43 Å². The summed E-state index contributed by atoms with van der Waals surface area (Å²) in [6.07, 6.45) is -2.88. The van der Waals surface area contributed by atoms with Crippen LogP contribution in [0.2, 0.25) is 5.02 Å². The standard InChI is InChI=1S/C19H14ClF2N3O6/c20-10-3-8(21)4-11(22)16(10)25-7-14(31-19(29)30)17(28)9-1-2-15(23-18(9)25)24-5-12(26)13(27)6-24/h1-4,7,12-13,26-27H,5-6H2,(H,29,30)/t12-,13-/m1/s1. The van der Waals surface area contributed by atoms with Crippen LogP contribution >= 0.6 is 11.6 Å². The molecule has 12 heteroatoms. The normalized spacial score (nSPS) is 18.5. The molecule has 1 saturated heterocycles. The highest BCUT2D eigenvalue weighted by atomic mass is 35.5. The number of carboxylic acid groups (broad SMARTS) is 1. The van der Waals surface area contributed by atoms with E-state index >= 15 is 0 Å². The number of carbonyl (C=O) groups is 1. The maximum atomic E-state index is 14.6. The number of ether oxygens (including phenoxy) is 1. The first-order valence-corrected chi connectivity index (χ1v) is 9.26. The number of hydrogen-bond donors (Lipinski definition) is 3. The summed E-state index contributed by atoms with van der Waals surface area (Å²) in [5.74, 6) is -2.41. The highest BCUT2D eigenvalue weighted by molar-refractivity contribution is 6.32. The molecule has 0 radical (unpaired) electrons. The average Bonchev–Trinajstić information content (AvgIpc) is 3.02. The van der Waals surface area contributed by atoms with Crippen molar-refractivity contribution in [1.82, 2.24) is 9.55 Å². The third-order valence-electron chi connectivity index (χ3n) is 4.81. The Morgan fingerprint density at radius 2 is 1.87 bits per heavy atom. The van der Waals surface area contributed by atoms with Gasteiger partial charge in [-0.15, -0.1) is 0 Å². The van der Waals surface area contributed by atoms with Crippen LogP contribution in [0.1, 0.15) is 0 Å². The second kappa shape index (κ2) is 7.76. The van der Waals surface area contributed by atoms with Gasteiger partial charge in [0.15, 0.2) is 17.2 Å². The van der Waals surface area contributed by atoms with Crippen LogP contribution < -0.4 is 15.1 Å². The molecule has 0 spiro atoms. The van der Waals surface area contributed by atoms with E-state index in [1.54, 1.807) is 4.90 Å². The van der Waals surface area contributed by atoms with Crippen LogP contribution in [0.25, 0.3) is 16.7 Å². The van der Waals surface area contributed by atoms with E-state index in [9.17, 15) is 28.6 Å². The topological polar surface area (TPSA) is 125 Å². The zero-order chi connectivity index (χ0) is 22.4. The van der Waals surface area contributed by atoms with Gasteiger partial charge in [-0.25, -0.2) is 18.6 Å². The smallest absolute Gasteiger partial charge is 0.449 e. The summed E-state index contributed by atoms with van der Waals surface area (Å²) >= 11 is 6.03. The number of hydrogen-bond acceptors (Lipinski definition) is 7. The summed E-state index contributed by atoms with van der Waals surface area (Å²) in [5.41, 5.74) is -1.33. The number of aliphatic hydroxyl groups excluding tert-OH is 2. The Hall–Kier alpha value is -3.28. The van der Waals surface area contributed by atoms with E-state index < -0.39 is 41.2 Å². The summed E-state index contributed by atoms with van der Waals surface area (Å²) in [4.78, 5) is 29.6. The van der Waals surface area contributed by atoms with Gasteiger partial charge in [-0.05, 0) is 18.2 Å². The van der Waals surface area contributed by atoms with Crippen LogP contribution in [-0.2, 0) is 0 Å². The first-order chi connectivity index (χ1) is 14.7. The lowest BCUT2D eigenvalue weighted by Gasteiger charge is -2.19. The van der Waals surface area contributed by atoms with Gasteiger partial charge in [0.1, 0.15) is 17.3 Å². The zero-order valence-electron chi connectivity index (χ0n) is 15.5. The first kappa shape index (κ1) is 21.0. The Labute approximate surface area is 177 Å². The minimum absolute atomic E-state index is 0.0653. The second-order valence-electron chi connectivity index (χ2n) is 6.86. The monoisotopic (exact) mass is 453 g/mol. The van der Waals surface area contributed by atoms with E-state index in [-0.39, 0.29) is 40.7 Å². The van der Waals surface area contributed by atoms with Crippen LogP contribution in [0.3, 0.4) is 0 Å². The molecule has 3 aromatic rings. The molecule has 9 nitrogen and oxygen atoms in total. The SMILES string of the molecule is O=C(O)Oc1cn(-c2c(F)cc(F)cc2Cl)c2nc(N3C[C@@H](O)[C@H](O)C3)ccc2c1=O. The predicted octanol–water partition coefficient (Wildman–Crippen LogP) is 1.92. The van der Waals surface area contributed by atoms with E-state index in [1.165, 1.54) is 12.1 Å². The minimum atomic E-state index is -1.77. The fourth-order valence-electron chi connectivity index (χ4n) is 3.40. The molecular weight excluding hydrogens is 440 g/mol. The lowest BCUT2D eigenvalue weighted by Crippen LogP contribution is -2.23. The van der Waals surface area contributed by atoms with Crippen molar-refractivity contribution in [3.8, 4) is 11.4 Å². The largest absolute Gasteiger partial charge is 0.511 e. The first-order valence-electron chi connectivity index (χ1n) is 8.89. The molecule has 0 amide bonds. The lowest BCUT2D eigenvalue weighted by atomic mass is 10.2. The highest BCUT2D eigenvalue weighted by Gasteiger charge is 2.31. The van der Waals surface area contributed by atoms with E-state index in [1.807, 2.05) is 0 Å². The van der Waals surface area contributed by atoms with E-state index in [4.69, 9.17) is 16.7 Å². The van der Waals surface area contributed by atoms with Gasteiger partial charge in [-0.3, -0.25) is 9.36 Å². The molecule has 4 rings (SSSR count). The molecule has 0 bridgehead atoms. The van der Waals surface area contributed by atoms with Gasteiger partial charge >= 0.3 is 6.16 Å². The van der Waals surface area contributed by atoms with Gasteiger partial charge < -0.3 is 25.0 Å². The Balaban J connectivity index is 2.00. The number of benzene rings is 1. The summed E-state index contributed by atoms with van der Waals surface area (Å²) < 4.78 is 33.7. The van der Waals surface area contributed by atoms with Crippen LogP contribution in [0.5, 0.6) is 5.75 Å². The molecule has 3 heterocycles. The van der Waals surface area contributed by atoms with E-state index in [0.717, 1.165) is 16.8 Å². The van der Waals surface area contributed by atoms with Crippen molar-refractivity contribution >= 4 is 34.6 Å². The third-order valence-corrected chi connectivity index (χ3v) is 5.09. The summed E-state index contributed by atoms with van der Waals surface area (Å²) in [5, 5.41) is 28.0. The second-order valence-corrected chi connectivity index (χ2v) is 7.27. The Morgan fingerprint density at radius 1 is 1.19 bits per heavy atom. The van der Waals surface area contributed by atoms with Crippen molar-refractivity contribution in [2.24, 2.45) is 0 Å². The Morgan fingerprint density at radius 3 is 2.48 bits per heavy atom. The Bertz CT molecular complexity index is 1230. The number of β-amino-alcohol motifs (C(OH)–C–C–N with tert-alkyl or cyclic N) is 2. The minimum Gasteiger partial charge on any atom is -0.449 e. The molecule has 2 aromatic heterocycles. The number of rotatable bonds is 3. The molecule has 3 N–H and O–H groups in total. The van der Waals surface area contributed by atoms with Crippen LogP contribution in [0, 0.1) is 11.6 Å². The van der Waals surface area contributed by atoms with Gasteiger partial charge in [0.05, 0.1) is 28.8 Å². The summed E-state index contributed by atoms with van der Waals surface area (Å²) in [6.45, 7) is 0.131. The molecule has 1 aromatic carbocycles. The number of nitrogens with zero attached hydrogens (tertiary/aromatic N) is 3. The van der Waals surface area contributed by atoms with Crippen molar-refractivity contribution in [2.45, 2.75) is 12.2 Å². The van der Waals surface area contributed by atoms with Crippen molar-refractivity contribution < 1.29 is 33.6 Å². The molecule has 1 fully saturated rings. The summed E-state index contributed by atoms with van der Waals surface area (Å²) in [6, 6.07) is 4.15. The predicted molar refractivity (Wildman–Crippen MR) is 105 cm³/mol. The number of anilines is 1. The molecule has 0 aliphatic carbocycles. The van der Waals surface area contributed by atoms with Gasteiger partial charge in [0, 0.05) is 19.2 Å². The van der Waals surface area contributed by atoms with E-state index in [0.29, 0.717) is 6.07 Å². The van der Waals surface area contributed by atoms with Gasteiger partial charge in [0.25, 0.3) is 0 Å². The average molecular weight is 454 g/mol. The highest BCUT2D eigenvalue weighted by Crippen LogP contribution is 2.30. The molecular formula is C19H14ClF2N3O6. The maximum Gasteiger partial charge on any atom is 0.511 e. The molecule has 0 unspecified atom stereocenters. The lowest BCUT2D eigenvalue weighted by molar-refractivity contribution is 0.0572. The molecule has 1 aliphatic heterocycles. The number of halogens is 3. The molecule has 162 valence electrons. The quantitative estimate of drug-likeness (QED) is 0.514. The molecule has 31 heavy (non-hydrogen) atoms. The van der Waals surface area contributed by atoms with Gasteiger partial charge in [-0.1, -0.05) is 11.6 Å². The van der Waals surface area contributed by atoms with Crippen LogP contribution in [0.15, 0.2) is 35.3 Å². The molecule has 2 atom stereocenters. The number of pyridine rings is 2. The van der Waals surface area contributed by atoms with Crippen molar-refractivity contribution in [1.29, 1.82) is 0 Å². The van der Waals surface area contributed by atoms with Crippen molar-refractivity contribution in [2.75, 3.05) is 18.0 Å². The third kappa shape index (κ3) is 3.78. The van der Waals surface area contributed by atoms with Gasteiger partial charge in [-0.2, -0.15) is 0 Å². The molecule has 1 aliphatic rings. The van der Waals surface area contributed by atoms with Crippen molar-refractivity contribution in [3.05, 3.63) is 57.3 Å². The van der Waals surface area contributed by atoms with Crippen molar-refractivity contribution in [3.63, 3.8) is 0 Å². The number of fused-ring (bicyclic) bond motifs is 1.